The highest BCUT2D eigenvalue weighted by atomic mass is 35.5. The van der Waals surface area contributed by atoms with Gasteiger partial charge in [0.05, 0.1) is 5.56 Å². The van der Waals surface area contributed by atoms with Crippen LogP contribution in [0.1, 0.15) is 47.0 Å². The van der Waals surface area contributed by atoms with E-state index < -0.39 is 0 Å². The summed E-state index contributed by atoms with van der Waals surface area (Å²) in [7, 11) is 0. The van der Waals surface area contributed by atoms with Crippen molar-refractivity contribution in [2.24, 2.45) is 5.92 Å². The molecular formula is C15H23ClN2OS. The van der Waals surface area contributed by atoms with Crippen LogP contribution in [0.5, 0.6) is 0 Å². The SMILES string of the molecule is CC1CCc2c(C(=O)NCC3CCCN3)csc2C1.Cl. The maximum atomic E-state index is 12.3. The average molecular weight is 315 g/mol. The number of hydrogen-bond donors (Lipinski definition) is 2. The lowest BCUT2D eigenvalue weighted by molar-refractivity contribution is 0.0949. The Bertz CT molecular complexity index is 468. The summed E-state index contributed by atoms with van der Waals surface area (Å²) in [6.07, 6.45) is 5.85. The molecule has 1 fully saturated rings. The first-order valence-electron chi connectivity index (χ1n) is 7.35. The van der Waals surface area contributed by atoms with Gasteiger partial charge in [-0.15, -0.1) is 23.7 Å². The molecule has 3 rings (SSSR count). The topological polar surface area (TPSA) is 41.1 Å². The minimum absolute atomic E-state index is 0. The second-order valence-corrected chi connectivity index (χ2v) is 6.87. The molecule has 2 N–H and O–H groups in total. The van der Waals surface area contributed by atoms with E-state index in [2.05, 4.69) is 22.9 Å². The number of hydrogen-bond acceptors (Lipinski definition) is 3. The van der Waals surface area contributed by atoms with Gasteiger partial charge >= 0.3 is 0 Å². The number of nitrogens with one attached hydrogen (secondary N) is 2. The molecule has 1 aromatic heterocycles. The molecule has 1 aliphatic heterocycles. The van der Waals surface area contributed by atoms with Gasteiger partial charge < -0.3 is 10.6 Å². The fourth-order valence-electron chi connectivity index (χ4n) is 3.11. The second-order valence-electron chi connectivity index (χ2n) is 5.90. The number of rotatable bonds is 3. The van der Waals surface area contributed by atoms with Crippen molar-refractivity contribution in [3.8, 4) is 0 Å². The van der Waals surface area contributed by atoms with E-state index in [9.17, 15) is 4.79 Å². The molecule has 2 atom stereocenters. The third-order valence-electron chi connectivity index (χ3n) is 4.32. The van der Waals surface area contributed by atoms with Crippen molar-refractivity contribution in [2.45, 2.75) is 45.1 Å². The number of halogens is 1. The molecule has 0 spiro atoms. The van der Waals surface area contributed by atoms with Crippen LogP contribution in [0, 0.1) is 5.92 Å². The molecule has 2 aliphatic rings. The Balaban J connectivity index is 0.00000147. The summed E-state index contributed by atoms with van der Waals surface area (Å²) in [5, 5.41) is 8.56. The molecule has 20 heavy (non-hydrogen) atoms. The van der Waals surface area contributed by atoms with Gasteiger partial charge in [0.15, 0.2) is 0 Å². The predicted octanol–water partition coefficient (Wildman–Crippen LogP) is 2.78. The molecule has 0 bridgehead atoms. The maximum absolute atomic E-state index is 12.3. The smallest absolute Gasteiger partial charge is 0.252 e. The molecule has 1 aliphatic carbocycles. The Morgan fingerprint density at radius 1 is 1.50 bits per heavy atom. The van der Waals surface area contributed by atoms with Gasteiger partial charge in [0.25, 0.3) is 5.91 Å². The maximum Gasteiger partial charge on any atom is 0.252 e. The van der Waals surface area contributed by atoms with Crippen LogP contribution >= 0.6 is 23.7 Å². The van der Waals surface area contributed by atoms with Gasteiger partial charge in [0, 0.05) is 22.8 Å². The van der Waals surface area contributed by atoms with E-state index in [0.29, 0.717) is 6.04 Å². The van der Waals surface area contributed by atoms with E-state index >= 15 is 0 Å². The number of thiophene rings is 1. The highest BCUT2D eigenvalue weighted by Gasteiger charge is 2.23. The second kappa shape index (κ2) is 6.92. The Hall–Kier alpha value is -0.580. The minimum Gasteiger partial charge on any atom is -0.350 e. The van der Waals surface area contributed by atoms with Gasteiger partial charge in [0.1, 0.15) is 0 Å². The van der Waals surface area contributed by atoms with Crippen molar-refractivity contribution in [3.05, 3.63) is 21.4 Å². The largest absolute Gasteiger partial charge is 0.350 e. The van der Waals surface area contributed by atoms with Crippen LogP contribution in [0.2, 0.25) is 0 Å². The minimum atomic E-state index is 0. The van der Waals surface area contributed by atoms with Crippen molar-refractivity contribution in [1.29, 1.82) is 0 Å². The van der Waals surface area contributed by atoms with E-state index in [0.717, 1.165) is 37.4 Å². The van der Waals surface area contributed by atoms with Crippen molar-refractivity contribution in [3.63, 3.8) is 0 Å². The summed E-state index contributed by atoms with van der Waals surface area (Å²) in [6, 6.07) is 0.471. The molecule has 0 radical (unpaired) electrons. The highest BCUT2D eigenvalue weighted by molar-refractivity contribution is 7.10. The predicted molar refractivity (Wildman–Crippen MR) is 86.1 cm³/mol. The molecule has 2 heterocycles. The molecule has 1 aromatic rings. The van der Waals surface area contributed by atoms with Crippen LogP contribution in [0.25, 0.3) is 0 Å². The Morgan fingerprint density at radius 2 is 2.35 bits per heavy atom. The van der Waals surface area contributed by atoms with Crippen LogP contribution in [-0.2, 0) is 12.8 Å². The molecule has 2 unspecified atom stereocenters. The average Bonchev–Trinajstić information content (AvgIpc) is 3.04. The van der Waals surface area contributed by atoms with E-state index in [1.54, 1.807) is 11.3 Å². The number of carbonyl (C=O) groups is 1. The van der Waals surface area contributed by atoms with Crippen LogP contribution in [0.15, 0.2) is 5.38 Å². The van der Waals surface area contributed by atoms with Crippen LogP contribution in [0.4, 0.5) is 0 Å². The van der Waals surface area contributed by atoms with E-state index in [-0.39, 0.29) is 18.3 Å². The van der Waals surface area contributed by atoms with Gasteiger partial charge in [-0.25, -0.2) is 0 Å². The van der Waals surface area contributed by atoms with Crippen molar-refractivity contribution in [2.75, 3.05) is 13.1 Å². The van der Waals surface area contributed by atoms with E-state index in [1.807, 2.05) is 0 Å². The number of fused-ring (bicyclic) bond motifs is 1. The first-order valence-corrected chi connectivity index (χ1v) is 8.23. The van der Waals surface area contributed by atoms with Crippen LogP contribution in [0.3, 0.4) is 0 Å². The lowest BCUT2D eigenvalue weighted by atomic mass is 9.88. The zero-order valence-corrected chi connectivity index (χ0v) is 13.5. The molecule has 112 valence electrons. The standard InChI is InChI=1S/C15H22N2OS.ClH/c1-10-4-5-12-13(9-19-14(12)7-10)15(18)17-8-11-3-2-6-16-11;/h9-11,16H,2-8H2,1H3,(H,17,18);1H. The molecule has 5 heteroatoms. The van der Waals surface area contributed by atoms with E-state index in [4.69, 9.17) is 0 Å². The van der Waals surface area contributed by atoms with E-state index in [1.165, 1.54) is 29.7 Å². The lowest BCUT2D eigenvalue weighted by Gasteiger charge is -2.19. The summed E-state index contributed by atoms with van der Waals surface area (Å²) in [5.41, 5.74) is 2.25. The molecular weight excluding hydrogens is 292 g/mol. The van der Waals surface area contributed by atoms with Crippen molar-refractivity contribution >= 4 is 29.7 Å². The summed E-state index contributed by atoms with van der Waals surface area (Å²) in [6.45, 7) is 4.15. The quantitative estimate of drug-likeness (QED) is 0.901. The van der Waals surface area contributed by atoms with Crippen molar-refractivity contribution < 1.29 is 4.79 Å². The number of amides is 1. The fraction of sp³-hybridized carbons (Fsp3) is 0.667. The summed E-state index contributed by atoms with van der Waals surface area (Å²) >= 11 is 1.77. The highest BCUT2D eigenvalue weighted by Crippen LogP contribution is 2.32. The van der Waals surface area contributed by atoms with Crippen molar-refractivity contribution in [1.82, 2.24) is 10.6 Å². The molecule has 3 nitrogen and oxygen atoms in total. The zero-order valence-electron chi connectivity index (χ0n) is 11.9. The normalized spacial score (nSPS) is 24.9. The van der Waals surface area contributed by atoms with Gasteiger partial charge in [-0.05, 0) is 50.1 Å². The van der Waals surface area contributed by atoms with Gasteiger partial charge in [-0.3, -0.25) is 4.79 Å². The summed E-state index contributed by atoms with van der Waals surface area (Å²) < 4.78 is 0. The molecule has 1 amide bonds. The molecule has 1 saturated heterocycles. The lowest BCUT2D eigenvalue weighted by Crippen LogP contribution is -2.37. The molecule has 0 saturated carbocycles. The number of carbonyl (C=O) groups excluding carboxylic acids is 1. The van der Waals surface area contributed by atoms with Gasteiger partial charge in [0.2, 0.25) is 0 Å². The zero-order chi connectivity index (χ0) is 13.2. The first kappa shape index (κ1) is 15.8. The first-order chi connectivity index (χ1) is 9.24. The van der Waals surface area contributed by atoms with Crippen LogP contribution < -0.4 is 10.6 Å². The fourth-order valence-corrected chi connectivity index (χ4v) is 4.35. The Morgan fingerprint density at radius 3 is 3.10 bits per heavy atom. The summed E-state index contributed by atoms with van der Waals surface area (Å²) in [5.74, 6) is 0.894. The van der Waals surface area contributed by atoms with Crippen LogP contribution in [-0.4, -0.2) is 25.0 Å². The Kier molecular flexibility index (Phi) is 5.47. The summed E-state index contributed by atoms with van der Waals surface area (Å²) in [4.78, 5) is 13.7. The third kappa shape index (κ3) is 3.35. The monoisotopic (exact) mass is 314 g/mol. The molecule has 0 aromatic carbocycles. The van der Waals surface area contributed by atoms with Gasteiger partial charge in [-0.1, -0.05) is 6.92 Å². The van der Waals surface area contributed by atoms with Gasteiger partial charge in [-0.2, -0.15) is 0 Å². The third-order valence-corrected chi connectivity index (χ3v) is 5.37. The Labute approximate surface area is 130 Å².